The summed E-state index contributed by atoms with van der Waals surface area (Å²) in [4.78, 5) is 16.2. The summed E-state index contributed by atoms with van der Waals surface area (Å²) < 4.78 is 6.13. The molecule has 0 saturated carbocycles. The van der Waals surface area contributed by atoms with E-state index in [4.69, 9.17) is 4.74 Å². The Morgan fingerprint density at radius 3 is 3.13 bits per heavy atom. The largest absolute Gasteiger partial charge is 0.372 e. The molecule has 1 aliphatic rings. The van der Waals surface area contributed by atoms with Crippen molar-refractivity contribution in [3.8, 4) is 22.3 Å². The van der Waals surface area contributed by atoms with Crippen molar-refractivity contribution in [3.05, 3.63) is 40.1 Å². The molecule has 0 aliphatic carbocycles. The van der Waals surface area contributed by atoms with E-state index in [1.54, 1.807) is 19.3 Å². The number of nitrogens with one attached hydrogen (secondary N) is 2. The van der Waals surface area contributed by atoms with Crippen molar-refractivity contribution < 1.29 is 9.84 Å². The molecule has 0 radical (unpaired) electrons. The first-order chi connectivity index (χ1) is 11.1. The average Bonchev–Trinajstić information content (AvgIpc) is 3.18. The van der Waals surface area contributed by atoms with Crippen LogP contribution in [-0.4, -0.2) is 26.9 Å². The number of aliphatic hydroxyl groups is 1. The zero-order valence-corrected chi connectivity index (χ0v) is 13.1. The molecule has 7 heteroatoms. The lowest BCUT2D eigenvalue weighted by Crippen LogP contribution is -2.38. The van der Waals surface area contributed by atoms with Gasteiger partial charge in [0.05, 0.1) is 25.1 Å². The second kappa shape index (κ2) is 5.06. The van der Waals surface area contributed by atoms with Crippen LogP contribution in [0.25, 0.3) is 20.5 Å². The van der Waals surface area contributed by atoms with Crippen LogP contribution < -0.4 is 5.56 Å². The summed E-state index contributed by atoms with van der Waals surface area (Å²) in [5.74, 6) is 5.44. The zero-order valence-electron chi connectivity index (χ0n) is 12.3. The number of hydrogen-bond donors (Lipinski definition) is 3. The molecule has 116 valence electrons. The average molecular weight is 327 g/mol. The second-order valence-corrected chi connectivity index (χ2v) is 6.43. The van der Waals surface area contributed by atoms with E-state index in [9.17, 15) is 9.90 Å². The molecule has 0 spiro atoms. The van der Waals surface area contributed by atoms with Crippen LogP contribution in [0.5, 0.6) is 0 Å². The molecule has 0 bridgehead atoms. The fraction of sp³-hybridized carbons (Fsp3) is 0.250. The van der Waals surface area contributed by atoms with Crippen molar-refractivity contribution in [1.29, 1.82) is 0 Å². The Morgan fingerprint density at radius 2 is 2.39 bits per heavy atom. The molecule has 4 rings (SSSR count). The number of pyridine rings is 1. The van der Waals surface area contributed by atoms with E-state index in [1.165, 1.54) is 11.3 Å². The van der Waals surface area contributed by atoms with E-state index in [-0.39, 0.29) is 12.2 Å². The number of aromatic nitrogens is 3. The number of hydrogen-bond acceptors (Lipinski definition) is 5. The lowest BCUT2D eigenvalue weighted by Gasteiger charge is -2.29. The molecule has 6 nitrogen and oxygen atoms in total. The summed E-state index contributed by atoms with van der Waals surface area (Å²) in [6, 6.07) is 1.94. The van der Waals surface area contributed by atoms with Gasteiger partial charge in [0.15, 0.2) is 5.60 Å². The van der Waals surface area contributed by atoms with Crippen molar-refractivity contribution in [2.75, 3.05) is 6.61 Å². The summed E-state index contributed by atoms with van der Waals surface area (Å²) in [6.45, 7) is 2.02. The van der Waals surface area contributed by atoms with Gasteiger partial charge in [0.2, 0.25) is 0 Å². The summed E-state index contributed by atoms with van der Waals surface area (Å²) in [5.41, 5.74) is 0.429. The van der Waals surface area contributed by atoms with E-state index in [2.05, 4.69) is 27.0 Å². The summed E-state index contributed by atoms with van der Waals surface area (Å²) in [5, 5.41) is 18.2. The Hall–Kier alpha value is -2.40. The zero-order chi connectivity index (χ0) is 16.0. The Labute approximate surface area is 135 Å². The number of nitrogens with zero attached hydrogens (tertiary/aromatic N) is 1. The first kappa shape index (κ1) is 14.2. The molecular weight excluding hydrogens is 314 g/mol. The van der Waals surface area contributed by atoms with Crippen LogP contribution in [-0.2, 0) is 16.9 Å². The number of ether oxygens (including phenoxy) is 1. The third-order valence-corrected chi connectivity index (χ3v) is 5.07. The second-order valence-electron chi connectivity index (χ2n) is 5.38. The Bertz CT molecular complexity index is 1010. The van der Waals surface area contributed by atoms with E-state index < -0.39 is 5.60 Å². The van der Waals surface area contributed by atoms with Crippen molar-refractivity contribution in [3.63, 3.8) is 0 Å². The highest BCUT2D eigenvalue weighted by atomic mass is 32.1. The molecule has 0 unspecified atom stereocenters. The molecular formula is C16H13N3O3S. The van der Waals surface area contributed by atoms with Gasteiger partial charge < -0.3 is 14.8 Å². The number of H-pyrrole nitrogens is 2. The predicted octanol–water partition coefficient (Wildman–Crippen LogP) is 1.72. The fourth-order valence-electron chi connectivity index (χ4n) is 2.87. The lowest BCUT2D eigenvalue weighted by atomic mass is 9.92. The third-order valence-electron chi connectivity index (χ3n) is 3.89. The third kappa shape index (κ3) is 2.11. The van der Waals surface area contributed by atoms with Crippen molar-refractivity contribution in [1.82, 2.24) is 15.2 Å². The topological polar surface area (TPSA) is 91.0 Å². The van der Waals surface area contributed by atoms with Crippen LogP contribution in [0.15, 0.2) is 23.3 Å². The number of aromatic amines is 2. The molecule has 0 aromatic carbocycles. The quantitative estimate of drug-likeness (QED) is 0.594. The summed E-state index contributed by atoms with van der Waals surface area (Å²) in [7, 11) is 0. The smallest absolute Gasteiger partial charge is 0.266 e. The maximum atomic E-state index is 12.5. The monoisotopic (exact) mass is 327 g/mol. The maximum absolute atomic E-state index is 12.5. The molecule has 0 saturated heterocycles. The number of fused-ring (bicyclic) bond motifs is 3. The van der Waals surface area contributed by atoms with Gasteiger partial charge in [-0.2, -0.15) is 5.10 Å². The highest BCUT2D eigenvalue weighted by Crippen LogP contribution is 2.37. The molecule has 3 N–H and O–H groups in total. The first-order valence-electron chi connectivity index (χ1n) is 7.05. The minimum absolute atomic E-state index is 0.0427. The van der Waals surface area contributed by atoms with E-state index in [1.807, 2.05) is 6.07 Å². The molecule has 1 atom stereocenters. The van der Waals surface area contributed by atoms with Crippen LogP contribution in [0, 0.1) is 11.8 Å². The van der Waals surface area contributed by atoms with Gasteiger partial charge >= 0.3 is 0 Å². The highest BCUT2D eigenvalue weighted by Gasteiger charge is 2.36. The van der Waals surface area contributed by atoms with Gasteiger partial charge in [0.25, 0.3) is 5.56 Å². The van der Waals surface area contributed by atoms with Crippen LogP contribution >= 0.6 is 11.3 Å². The van der Waals surface area contributed by atoms with Crippen molar-refractivity contribution in [2.24, 2.45) is 0 Å². The minimum atomic E-state index is -1.48. The van der Waals surface area contributed by atoms with Gasteiger partial charge in [-0.05, 0) is 13.0 Å². The van der Waals surface area contributed by atoms with Gasteiger partial charge in [0, 0.05) is 27.6 Å². The maximum Gasteiger partial charge on any atom is 0.266 e. The SMILES string of the molecule is CC#C[C@]1(O)COCc2c1[nH]c(=O)c1sc(-c3cn[nH]c3)cc21. The Kier molecular flexibility index (Phi) is 3.13. The number of rotatable bonds is 1. The molecule has 0 fully saturated rings. The Balaban J connectivity index is 2.02. The first-order valence-corrected chi connectivity index (χ1v) is 7.86. The van der Waals surface area contributed by atoms with Gasteiger partial charge in [-0.25, -0.2) is 0 Å². The molecule has 3 aromatic rings. The fourth-order valence-corrected chi connectivity index (χ4v) is 3.94. The molecule has 3 aromatic heterocycles. The molecule has 23 heavy (non-hydrogen) atoms. The van der Waals surface area contributed by atoms with Gasteiger partial charge in [-0.15, -0.1) is 17.3 Å². The summed E-state index contributed by atoms with van der Waals surface area (Å²) in [6.07, 6.45) is 3.49. The van der Waals surface area contributed by atoms with Crippen molar-refractivity contribution >= 4 is 21.4 Å². The lowest BCUT2D eigenvalue weighted by molar-refractivity contribution is -0.0369. The van der Waals surface area contributed by atoms with Crippen LogP contribution in [0.1, 0.15) is 18.2 Å². The van der Waals surface area contributed by atoms with Gasteiger partial charge in [-0.1, -0.05) is 5.92 Å². The van der Waals surface area contributed by atoms with Crippen LogP contribution in [0.4, 0.5) is 0 Å². The molecule has 0 amide bonds. The predicted molar refractivity (Wildman–Crippen MR) is 87.0 cm³/mol. The van der Waals surface area contributed by atoms with Crippen molar-refractivity contribution in [2.45, 2.75) is 19.1 Å². The standard InChI is InChI=1S/C16H13N3O3S/c1-2-3-16(21)8-22-7-11-10-4-12(9-5-17-18-6-9)23-13(10)15(20)19-14(11)16/h4-6,21H,7-8H2,1H3,(H,17,18)(H,19,20)/t16-/m0/s1. The van der Waals surface area contributed by atoms with Gasteiger partial charge in [0.1, 0.15) is 4.70 Å². The van der Waals surface area contributed by atoms with Crippen LogP contribution in [0.3, 0.4) is 0 Å². The highest BCUT2D eigenvalue weighted by molar-refractivity contribution is 7.22. The van der Waals surface area contributed by atoms with Gasteiger partial charge in [-0.3, -0.25) is 9.89 Å². The normalized spacial score (nSPS) is 20.1. The van der Waals surface area contributed by atoms with Crippen LogP contribution in [0.2, 0.25) is 0 Å². The van der Waals surface area contributed by atoms with E-state index in [0.29, 0.717) is 17.0 Å². The number of thiophene rings is 1. The summed E-state index contributed by atoms with van der Waals surface area (Å²) >= 11 is 1.39. The van der Waals surface area contributed by atoms with E-state index >= 15 is 0 Å². The molecule has 4 heterocycles. The Morgan fingerprint density at radius 1 is 1.52 bits per heavy atom. The van der Waals surface area contributed by atoms with E-state index in [0.717, 1.165) is 21.4 Å². The molecule has 1 aliphatic heterocycles. The minimum Gasteiger partial charge on any atom is -0.372 e.